The molecule has 1 amide bonds. The molecule has 1 aromatic carbocycles. The fourth-order valence-electron chi connectivity index (χ4n) is 1.83. The van der Waals surface area contributed by atoms with Gasteiger partial charge in [-0.15, -0.1) is 0 Å². The smallest absolute Gasteiger partial charge is 0.254 e. The normalized spacial score (nSPS) is 11.8. The monoisotopic (exact) mass is 298 g/mol. The number of rotatable bonds is 6. The van der Waals surface area contributed by atoms with Gasteiger partial charge in [-0.1, -0.05) is 36.8 Å². The van der Waals surface area contributed by atoms with Crippen molar-refractivity contribution in [2.75, 3.05) is 5.32 Å². The molecule has 1 heterocycles. The first-order chi connectivity index (χ1) is 10.6. The summed E-state index contributed by atoms with van der Waals surface area (Å²) in [6.45, 7) is 6.68. The number of carbonyl (C=O) groups excluding carboxylic acids is 1. The highest BCUT2D eigenvalue weighted by atomic mass is 16.1. The van der Waals surface area contributed by atoms with E-state index in [1.165, 1.54) is 5.56 Å². The summed E-state index contributed by atoms with van der Waals surface area (Å²) >= 11 is 0. The molecule has 0 saturated heterocycles. The lowest BCUT2D eigenvalue weighted by Gasteiger charge is -2.11. The number of aromatic nitrogens is 2. The molecule has 1 aromatic heterocycles. The topological polar surface area (TPSA) is 66.9 Å². The van der Waals surface area contributed by atoms with E-state index in [0.29, 0.717) is 24.1 Å². The number of nitrogens with zero attached hydrogens (tertiary/aromatic N) is 2. The fourth-order valence-corrected chi connectivity index (χ4v) is 1.83. The van der Waals surface area contributed by atoms with E-state index >= 15 is 0 Å². The number of anilines is 1. The van der Waals surface area contributed by atoms with Gasteiger partial charge >= 0.3 is 0 Å². The van der Waals surface area contributed by atoms with Crippen LogP contribution in [0.5, 0.6) is 0 Å². The Labute approximate surface area is 131 Å². The summed E-state index contributed by atoms with van der Waals surface area (Å²) in [5, 5.41) is 6.03. The van der Waals surface area contributed by atoms with Crippen molar-refractivity contribution in [3.8, 4) is 0 Å². The lowest BCUT2D eigenvalue weighted by atomic mass is 10.1. The van der Waals surface area contributed by atoms with Gasteiger partial charge < -0.3 is 10.6 Å². The Morgan fingerprint density at radius 1 is 1.18 bits per heavy atom. The van der Waals surface area contributed by atoms with Gasteiger partial charge in [-0.3, -0.25) is 4.79 Å². The molecular formula is C17H22N4O. The molecule has 0 spiro atoms. The van der Waals surface area contributed by atoms with Crippen LogP contribution in [-0.4, -0.2) is 21.9 Å². The van der Waals surface area contributed by atoms with Crippen LogP contribution in [0.25, 0.3) is 0 Å². The predicted octanol–water partition coefficient (Wildman–Crippen LogP) is 2.93. The van der Waals surface area contributed by atoms with Crippen molar-refractivity contribution in [3.63, 3.8) is 0 Å². The summed E-state index contributed by atoms with van der Waals surface area (Å²) in [5.74, 6) is 0.375. The molecule has 2 aromatic rings. The number of benzene rings is 1. The Bertz CT molecular complexity index is 608. The van der Waals surface area contributed by atoms with Gasteiger partial charge in [0.15, 0.2) is 0 Å². The molecule has 2 N–H and O–H groups in total. The van der Waals surface area contributed by atoms with Crippen LogP contribution in [0.1, 0.15) is 41.8 Å². The van der Waals surface area contributed by atoms with Crippen LogP contribution in [0.15, 0.2) is 36.7 Å². The van der Waals surface area contributed by atoms with Gasteiger partial charge in [0.05, 0.1) is 5.56 Å². The highest BCUT2D eigenvalue weighted by Gasteiger charge is 2.08. The van der Waals surface area contributed by atoms with Gasteiger partial charge in [0, 0.05) is 25.0 Å². The number of hydrogen-bond donors (Lipinski definition) is 2. The molecule has 1 unspecified atom stereocenters. The van der Waals surface area contributed by atoms with Crippen LogP contribution in [-0.2, 0) is 6.54 Å². The summed E-state index contributed by atoms with van der Waals surface area (Å²) in [7, 11) is 0. The Morgan fingerprint density at radius 2 is 1.82 bits per heavy atom. The second kappa shape index (κ2) is 7.54. The van der Waals surface area contributed by atoms with Gasteiger partial charge in [0.25, 0.3) is 5.91 Å². The number of hydrogen-bond acceptors (Lipinski definition) is 4. The first-order valence-corrected chi connectivity index (χ1v) is 7.50. The van der Waals surface area contributed by atoms with E-state index in [1.54, 1.807) is 12.4 Å². The Morgan fingerprint density at radius 3 is 2.41 bits per heavy atom. The third-order valence-electron chi connectivity index (χ3n) is 3.48. The van der Waals surface area contributed by atoms with Crippen molar-refractivity contribution >= 4 is 11.9 Å². The lowest BCUT2D eigenvalue weighted by Crippen LogP contribution is -2.23. The van der Waals surface area contributed by atoms with E-state index in [4.69, 9.17) is 0 Å². The average Bonchev–Trinajstić information content (AvgIpc) is 2.54. The van der Waals surface area contributed by atoms with E-state index in [2.05, 4.69) is 34.4 Å². The standard InChI is InChI=1S/C17H22N4O/c1-4-13(3)21-17-19-10-15(11-20-17)16(22)18-9-14-7-5-12(2)6-8-14/h5-8,10-11,13H,4,9H2,1-3H3,(H,18,22)(H,19,20,21). The Hall–Kier alpha value is -2.43. The van der Waals surface area contributed by atoms with Crippen LogP contribution >= 0.6 is 0 Å². The maximum absolute atomic E-state index is 12.1. The number of carbonyl (C=O) groups is 1. The minimum atomic E-state index is -0.171. The van der Waals surface area contributed by atoms with Crippen molar-refractivity contribution in [1.29, 1.82) is 0 Å². The van der Waals surface area contributed by atoms with Gasteiger partial charge in [0.1, 0.15) is 0 Å². The molecule has 0 aliphatic rings. The molecule has 0 fully saturated rings. The van der Waals surface area contributed by atoms with Crippen molar-refractivity contribution in [1.82, 2.24) is 15.3 Å². The molecule has 5 heteroatoms. The zero-order valence-corrected chi connectivity index (χ0v) is 13.3. The van der Waals surface area contributed by atoms with Crippen molar-refractivity contribution in [2.24, 2.45) is 0 Å². The van der Waals surface area contributed by atoms with E-state index < -0.39 is 0 Å². The molecule has 0 aliphatic heterocycles. The van der Waals surface area contributed by atoms with Gasteiger partial charge in [-0.2, -0.15) is 0 Å². The maximum atomic E-state index is 12.1. The van der Waals surface area contributed by atoms with E-state index in [-0.39, 0.29) is 5.91 Å². The number of nitrogens with one attached hydrogen (secondary N) is 2. The zero-order chi connectivity index (χ0) is 15.9. The SMILES string of the molecule is CCC(C)Nc1ncc(C(=O)NCc2ccc(C)cc2)cn1. The molecule has 0 bridgehead atoms. The van der Waals surface area contributed by atoms with Crippen molar-refractivity contribution in [3.05, 3.63) is 53.3 Å². The predicted molar refractivity (Wildman–Crippen MR) is 87.8 cm³/mol. The third-order valence-corrected chi connectivity index (χ3v) is 3.48. The van der Waals surface area contributed by atoms with E-state index in [0.717, 1.165) is 12.0 Å². The van der Waals surface area contributed by atoms with Crippen LogP contribution in [0.3, 0.4) is 0 Å². The average molecular weight is 298 g/mol. The van der Waals surface area contributed by atoms with Crippen molar-refractivity contribution < 1.29 is 4.79 Å². The molecule has 5 nitrogen and oxygen atoms in total. The fraction of sp³-hybridized carbons (Fsp3) is 0.353. The number of aryl methyl sites for hydroxylation is 1. The first kappa shape index (κ1) is 15.9. The quantitative estimate of drug-likeness (QED) is 0.860. The van der Waals surface area contributed by atoms with E-state index in [1.807, 2.05) is 31.2 Å². The molecule has 0 radical (unpaired) electrons. The van der Waals surface area contributed by atoms with E-state index in [9.17, 15) is 4.79 Å². The van der Waals surface area contributed by atoms with Crippen LogP contribution in [0, 0.1) is 6.92 Å². The Balaban J connectivity index is 1.90. The zero-order valence-electron chi connectivity index (χ0n) is 13.3. The molecule has 2 rings (SSSR count). The second-order valence-corrected chi connectivity index (χ2v) is 5.42. The Kier molecular flexibility index (Phi) is 5.47. The highest BCUT2D eigenvalue weighted by Crippen LogP contribution is 2.05. The first-order valence-electron chi connectivity index (χ1n) is 7.50. The minimum Gasteiger partial charge on any atom is -0.352 e. The minimum absolute atomic E-state index is 0.171. The lowest BCUT2D eigenvalue weighted by molar-refractivity contribution is 0.0950. The maximum Gasteiger partial charge on any atom is 0.254 e. The van der Waals surface area contributed by atoms with Crippen LogP contribution in [0.4, 0.5) is 5.95 Å². The van der Waals surface area contributed by atoms with Gasteiger partial charge in [0.2, 0.25) is 5.95 Å². The summed E-state index contributed by atoms with van der Waals surface area (Å²) in [6, 6.07) is 8.37. The van der Waals surface area contributed by atoms with Gasteiger partial charge in [-0.25, -0.2) is 9.97 Å². The summed E-state index contributed by atoms with van der Waals surface area (Å²) in [5.41, 5.74) is 2.73. The van der Waals surface area contributed by atoms with Crippen LogP contribution in [0.2, 0.25) is 0 Å². The second-order valence-electron chi connectivity index (χ2n) is 5.42. The molecule has 1 atom stereocenters. The molecular weight excluding hydrogens is 276 g/mol. The summed E-state index contributed by atoms with van der Waals surface area (Å²) in [6.07, 6.45) is 4.08. The van der Waals surface area contributed by atoms with Crippen molar-refractivity contribution in [2.45, 2.75) is 39.8 Å². The number of amides is 1. The summed E-state index contributed by atoms with van der Waals surface area (Å²) < 4.78 is 0. The molecule has 116 valence electrons. The van der Waals surface area contributed by atoms with Crippen LogP contribution < -0.4 is 10.6 Å². The molecule has 22 heavy (non-hydrogen) atoms. The molecule has 0 saturated carbocycles. The highest BCUT2D eigenvalue weighted by molar-refractivity contribution is 5.93. The summed E-state index contributed by atoms with van der Waals surface area (Å²) in [4.78, 5) is 20.4. The molecule has 0 aliphatic carbocycles. The van der Waals surface area contributed by atoms with Gasteiger partial charge in [-0.05, 0) is 25.8 Å². The third kappa shape index (κ3) is 4.55. The largest absolute Gasteiger partial charge is 0.352 e.